The molecule has 0 atom stereocenters. The van der Waals surface area contributed by atoms with Gasteiger partial charge in [0.15, 0.2) is 0 Å². The van der Waals surface area contributed by atoms with Gasteiger partial charge in [0, 0.05) is 11.4 Å². The summed E-state index contributed by atoms with van der Waals surface area (Å²) in [5, 5.41) is 1.94. The minimum Gasteiger partial charge on any atom is -0.281 e. The van der Waals surface area contributed by atoms with Crippen molar-refractivity contribution in [3.8, 4) is 5.69 Å². The molecule has 2 aromatic carbocycles. The Balaban J connectivity index is 2.43. The zero-order valence-corrected chi connectivity index (χ0v) is 12.1. The summed E-state index contributed by atoms with van der Waals surface area (Å²) < 4.78 is 1.71. The Kier molecular flexibility index (Phi) is 3.11. The molecule has 0 aliphatic heterocycles. The van der Waals surface area contributed by atoms with Crippen LogP contribution in [-0.4, -0.2) is 4.57 Å². The summed E-state index contributed by atoms with van der Waals surface area (Å²) in [6, 6.07) is 15.4. The number of pyridine rings is 1. The Labute approximate surface area is 122 Å². The van der Waals surface area contributed by atoms with Crippen LogP contribution in [0.4, 0.5) is 0 Å². The maximum Gasteiger partial charge on any atom is 0.264 e. The highest BCUT2D eigenvalue weighted by Crippen LogP contribution is 2.22. The normalized spacial score (nSPS) is 10.9. The summed E-state index contributed by atoms with van der Waals surface area (Å²) in [6.07, 6.45) is 0. The average Bonchev–Trinajstić information content (AvgIpc) is 2.38. The van der Waals surface area contributed by atoms with Crippen molar-refractivity contribution in [2.75, 3.05) is 0 Å². The van der Waals surface area contributed by atoms with Crippen molar-refractivity contribution in [1.29, 1.82) is 0 Å². The number of nitrogens with zero attached hydrogens (tertiary/aromatic N) is 1. The van der Waals surface area contributed by atoms with Crippen molar-refractivity contribution >= 4 is 22.4 Å². The molecule has 0 saturated carbocycles. The molecule has 0 amide bonds. The Hall–Kier alpha value is -2.06. The van der Waals surface area contributed by atoms with Crippen LogP contribution in [-0.2, 0) is 0 Å². The second-order valence-electron chi connectivity index (χ2n) is 4.97. The van der Waals surface area contributed by atoms with Crippen LogP contribution in [0.1, 0.15) is 11.3 Å². The Morgan fingerprint density at radius 2 is 1.75 bits per heavy atom. The highest BCUT2D eigenvalue weighted by atomic mass is 35.5. The topological polar surface area (TPSA) is 22.0 Å². The highest BCUT2D eigenvalue weighted by molar-refractivity contribution is 6.35. The van der Waals surface area contributed by atoms with Crippen molar-refractivity contribution in [3.05, 3.63) is 75.2 Å². The van der Waals surface area contributed by atoms with E-state index in [4.69, 9.17) is 11.6 Å². The van der Waals surface area contributed by atoms with E-state index < -0.39 is 0 Å². The van der Waals surface area contributed by atoms with Crippen LogP contribution in [0.25, 0.3) is 16.5 Å². The summed E-state index contributed by atoms with van der Waals surface area (Å²) in [5.74, 6) is 0. The molecule has 0 aliphatic rings. The maximum atomic E-state index is 12.8. The first-order chi connectivity index (χ1) is 9.58. The number of fused-ring (bicyclic) bond motifs is 1. The number of hydrogen-bond donors (Lipinski definition) is 0. The Morgan fingerprint density at radius 3 is 2.50 bits per heavy atom. The number of benzene rings is 2. The van der Waals surface area contributed by atoms with Crippen molar-refractivity contribution in [1.82, 2.24) is 4.57 Å². The summed E-state index contributed by atoms with van der Waals surface area (Å²) in [6.45, 7) is 3.95. The van der Waals surface area contributed by atoms with E-state index in [1.54, 1.807) is 10.6 Å². The van der Waals surface area contributed by atoms with Gasteiger partial charge in [-0.25, -0.2) is 0 Å². The molecule has 3 aromatic rings. The monoisotopic (exact) mass is 283 g/mol. The van der Waals surface area contributed by atoms with Gasteiger partial charge in [-0.2, -0.15) is 0 Å². The fraction of sp³-hybridized carbons (Fsp3) is 0.118. The second-order valence-corrected chi connectivity index (χ2v) is 5.38. The fourth-order valence-electron chi connectivity index (χ4n) is 2.54. The van der Waals surface area contributed by atoms with Crippen LogP contribution in [0.15, 0.2) is 53.3 Å². The fourth-order valence-corrected chi connectivity index (χ4v) is 2.80. The van der Waals surface area contributed by atoms with Gasteiger partial charge in [0.05, 0.1) is 10.4 Å². The molecular weight excluding hydrogens is 270 g/mol. The van der Waals surface area contributed by atoms with E-state index in [1.165, 1.54) is 0 Å². The van der Waals surface area contributed by atoms with E-state index in [-0.39, 0.29) is 5.56 Å². The van der Waals surface area contributed by atoms with Gasteiger partial charge >= 0.3 is 0 Å². The third-order valence-electron chi connectivity index (χ3n) is 3.44. The second kappa shape index (κ2) is 4.80. The number of halogens is 1. The Morgan fingerprint density at radius 1 is 1.00 bits per heavy atom. The highest BCUT2D eigenvalue weighted by Gasteiger charge is 2.10. The predicted octanol–water partition coefficient (Wildman–Crippen LogP) is 4.26. The molecular formula is C17H14ClNO. The minimum atomic E-state index is -0.0730. The van der Waals surface area contributed by atoms with E-state index in [0.717, 1.165) is 22.3 Å². The van der Waals surface area contributed by atoms with E-state index in [2.05, 4.69) is 0 Å². The van der Waals surface area contributed by atoms with Crippen LogP contribution in [0.5, 0.6) is 0 Å². The maximum absolute atomic E-state index is 12.8. The van der Waals surface area contributed by atoms with Gasteiger partial charge in [-0.1, -0.05) is 35.9 Å². The van der Waals surface area contributed by atoms with Crippen LogP contribution >= 0.6 is 11.6 Å². The zero-order chi connectivity index (χ0) is 14.3. The van der Waals surface area contributed by atoms with Crippen LogP contribution in [0.2, 0.25) is 5.02 Å². The third kappa shape index (κ3) is 2.02. The van der Waals surface area contributed by atoms with E-state index in [9.17, 15) is 4.79 Å². The zero-order valence-electron chi connectivity index (χ0n) is 11.4. The van der Waals surface area contributed by atoms with Gasteiger partial charge in [0.1, 0.15) is 0 Å². The molecule has 100 valence electrons. The predicted molar refractivity (Wildman–Crippen MR) is 84.0 cm³/mol. The molecule has 0 radical (unpaired) electrons. The number of rotatable bonds is 1. The molecule has 0 N–H and O–H groups in total. The van der Waals surface area contributed by atoms with Crippen LogP contribution in [0, 0.1) is 13.8 Å². The molecule has 0 bridgehead atoms. The van der Waals surface area contributed by atoms with Gasteiger partial charge in [0.25, 0.3) is 5.56 Å². The van der Waals surface area contributed by atoms with Crippen molar-refractivity contribution < 1.29 is 0 Å². The lowest BCUT2D eigenvalue weighted by Gasteiger charge is -2.13. The average molecular weight is 284 g/mol. The smallest absolute Gasteiger partial charge is 0.264 e. The van der Waals surface area contributed by atoms with E-state index in [1.807, 2.05) is 56.3 Å². The molecule has 1 aromatic heterocycles. The van der Waals surface area contributed by atoms with E-state index >= 15 is 0 Å². The van der Waals surface area contributed by atoms with Gasteiger partial charge < -0.3 is 0 Å². The van der Waals surface area contributed by atoms with Gasteiger partial charge in [-0.05, 0) is 49.1 Å². The SMILES string of the molecule is Cc1cccc(-n2c(C)cc3cccc(Cl)c3c2=O)c1. The first kappa shape index (κ1) is 12.9. The number of aromatic nitrogens is 1. The molecule has 0 saturated heterocycles. The van der Waals surface area contributed by atoms with Gasteiger partial charge in [-0.3, -0.25) is 9.36 Å². The molecule has 3 heteroatoms. The lowest BCUT2D eigenvalue weighted by Crippen LogP contribution is -2.21. The van der Waals surface area contributed by atoms with Gasteiger partial charge in [0.2, 0.25) is 0 Å². The first-order valence-electron chi connectivity index (χ1n) is 6.46. The van der Waals surface area contributed by atoms with E-state index in [0.29, 0.717) is 10.4 Å². The summed E-state index contributed by atoms with van der Waals surface area (Å²) >= 11 is 6.19. The number of hydrogen-bond acceptors (Lipinski definition) is 1. The third-order valence-corrected chi connectivity index (χ3v) is 3.75. The van der Waals surface area contributed by atoms with Crippen LogP contribution in [0.3, 0.4) is 0 Å². The molecule has 20 heavy (non-hydrogen) atoms. The molecule has 3 rings (SSSR count). The lowest BCUT2D eigenvalue weighted by molar-refractivity contribution is 0.949. The molecule has 0 aliphatic carbocycles. The minimum absolute atomic E-state index is 0.0730. The summed E-state index contributed by atoms with van der Waals surface area (Å²) in [4.78, 5) is 12.8. The van der Waals surface area contributed by atoms with Crippen molar-refractivity contribution in [2.45, 2.75) is 13.8 Å². The molecule has 0 fully saturated rings. The number of aryl methyl sites for hydroxylation is 2. The molecule has 2 nitrogen and oxygen atoms in total. The van der Waals surface area contributed by atoms with Crippen LogP contribution < -0.4 is 5.56 Å². The lowest BCUT2D eigenvalue weighted by atomic mass is 10.1. The summed E-state index contributed by atoms with van der Waals surface area (Å²) in [5.41, 5.74) is 2.81. The quantitative estimate of drug-likeness (QED) is 0.654. The van der Waals surface area contributed by atoms with Gasteiger partial charge in [-0.15, -0.1) is 0 Å². The standard InChI is InChI=1S/C17H14ClNO/c1-11-5-3-7-14(9-11)19-12(2)10-13-6-4-8-15(18)16(13)17(19)20/h3-10H,1-2H3. The largest absolute Gasteiger partial charge is 0.281 e. The molecule has 0 spiro atoms. The molecule has 1 heterocycles. The summed E-state index contributed by atoms with van der Waals surface area (Å²) in [7, 11) is 0. The molecule has 0 unspecified atom stereocenters. The first-order valence-corrected chi connectivity index (χ1v) is 6.83. The Bertz CT molecular complexity index is 864. The van der Waals surface area contributed by atoms with Crippen molar-refractivity contribution in [2.24, 2.45) is 0 Å². The van der Waals surface area contributed by atoms with Crippen molar-refractivity contribution in [3.63, 3.8) is 0 Å².